The van der Waals surface area contributed by atoms with Crippen LogP contribution in [-0.2, 0) is 20.8 Å². The number of aliphatic carboxylic acids is 1. The lowest BCUT2D eigenvalue weighted by molar-refractivity contribution is -0.152. The highest BCUT2D eigenvalue weighted by molar-refractivity contribution is 5.95. The van der Waals surface area contributed by atoms with Crippen molar-refractivity contribution in [3.05, 3.63) is 29.8 Å². The number of carboxylic acid groups (broad SMARTS) is 1. The largest absolute Gasteiger partial charge is 0.481 e. The van der Waals surface area contributed by atoms with Crippen molar-refractivity contribution in [1.29, 1.82) is 0 Å². The molecule has 1 aromatic heterocycles. The van der Waals surface area contributed by atoms with Crippen molar-refractivity contribution in [3.63, 3.8) is 0 Å². The number of rotatable bonds is 10. The molecule has 11 heteroatoms. The number of hydrogen-bond donors (Lipinski definition) is 1. The third-order valence-electron chi connectivity index (χ3n) is 6.99. The van der Waals surface area contributed by atoms with Crippen LogP contribution in [-0.4, -0.2) is 87.4 Å². The van der Waals surface area contributed by atoms with Gasteiger partial charge in [0.2, 0.25) is 0 Å². The lowest BCUT2D eigenvalue weighted by atomic mass is 9.79. The molecule has 1 fully saturated rings. The molecule has 0 bridgehead atoms. The monoisotopic (exact) mass is 562 g/mol. The minimum atomic E-state index is -1.30. The van der Waals surface area contributed by atoms with E-state index in [4.69, 9.17) is 9.47 Å². The van der Waals surface area contributed by atoms with Crippen molar-refractivity contribution in [3.8, 4) is 0 Å². The maximum Gasteiger partial charge on any atom is 0.410 e. The second kappa shape index (κ2) is 12.5. The van der Waals surface area contributed by atoms with E-state index in [1.165, 1.54) is 11.0 Å². The van der Waals surface area contributed by atoms with Crippen LogP contribution < -0.4 is 0 Å². The summed E-state index contributed by atoms with van der Waals surface area (Å²) < 4.78 is 27.2. The van der Waals surface area contributed by atoms with Gasteiger partial charge in [0.15, 0.2) is 11.6 Å². The van der Waals surface area contributed by atoms with Gasteiger partial charge in [0.25, 0.3) is 5.91 Å². The summed E-state index contributed by atoms with van der Waals surface area (Å²) in [7, 11) is 1.62. The van der Waals surface area contributed by atoms with Crippen LogP contribution in [0.4, 0.5) is 9.18 Å². The summed E-state index contributed by atoms with van der Waals surface area (Å²) in [6.45, 7) is 12.1. The standard InChI is InChI=1S/C29H43FN4O6/c1-19(2)16-34(20-15-29(6,26(36)37)18-32(17-20)27(38)40-28(3,4)5)25(35)24-31-23-21(30)11-10-12-22(23)33(24)13-8-9-14-39-7/h10-12,19-20H,8-9,13-18H2,1-7H3,(H,36,37)/t20-,29+/m0/s1. The van der Waals surface area contributed by atoms with Crippen molar-refractivity contribution >= 4 is 29.0 Å². The van der Waals surface area contributed by atoms with Crippen molar-refractivity contribution in [2.75, 3.05) is 33.4 Å². The Labute approximate surface area is 235 Å². The predicted octanol–water partition coefficient (Wildman–Crippen LogP) is 4.80. The zero-order chi connectivity index (χ0) is 29.8. The molecule has 2 atom stereocenters. The normalized spacial score (nSPS) is 19.7. The number of nitrogens with zero attached hydrogens (tertiary/aromatic N) is 4. The summed E-state index contributed by atoms with van der Waals surface area (Å²) in [5.41, 5.74) is -1.45. The highest BCUT2D eigenvalue weighted by atomic mass is 19.1. The number of likely N-dealkylation sites (tertiary alicyclic amines) is 1. The first-order valence-corrected chi connectivity index (χ1v) is 13.8. The van der Waals surface area contributed by atoms with E-state index in [-0.39, 0.29) is 36.8 Å². The Morgan fingerprint density at radius 1 is 1.25 bits per heavy atom. The molecule has 0 radical (unpaired) electrons. The van der Waals surface area contributed by atoms with Gasteiger partial charge in [-0.15, -0.1) is 0 Å². The number of fused-ring (bicyclic) bond motifs is 1. The number of piperidine rings is 1. The summed E-state index contributed by atoms with van der Waals surface area (Å²) in [4.78, 5) is 47.2. The quantitative estimate of drug-likeness (QED) is 0.414. The summed E-state index contributed by atoms with van der Waals surface area (Å²) in [5, 5.41) is 10.1. The fraction of sp³-hybridized carbons (Fsp3) is 0.655. The lowest BCUT2D eigenvalue weighted by Crippen LogP contribution is -2.60. The van der Waals surface area contributed by atoms with E-state index in [2.05, 4.69) is 4.98 Å². The van der Waals surface area contributed by atoms with Gasteiger partial charge in [-0.05, 0) is 65.0 Å². The van der Waals surface area contributed by atoms with Gasteiger partial charge in [-0.25, -0.2) is 14.2 Å². The maximum atomic E-state index is 14.8. The summed E-state index contributed by atoms with van der Waals surface area (Å²) in [6.07, 6.45) is 0.948. The van der Waals surface area contributed by atoms with Crippen LogP contribution in [0.25, 0.3) is 11.0 Å². The molecule has 222 valence electrons. The molecule has 1 N–H and O–H groups in total. The number of para-hydroxylation sites is 1. The second-order valence-corrected chi connectivity index (χ2v) is 12.3. The number of carbonyl (C=O) groups excluding carboxylic acids is 2. The third-order valence-corrected chi connectivity index (χ3v) is 6.99. The fourth-order valence-corrected chi connectivity index (χ4v) is 5.16. The number of methoxy groups -OCH3 is 1. The molecule has 1 aliphatic heterocycles. The molecular formula is C29H43FN4O6. The number of halogens is 1. The first kappa shape index (κ1) is 31.3. The number of ether oxygens (including phenoxy) is 2. The minimum Gasteiger partial charge on any atom is -0.481 e. The molecule has 0 saturated carbocycles. The summed E-state index contributed by atoms with van der Waals surface area (Å²) in [5.74, 6) is -1.89. The number of amides is 2. The summed E-state index contributed by atoms with van der Waals surface area (Å²) >= 11 is 0. The Bertz CT molecular complexity index is 1220. The average molecular weight is 563 g/mol. The lowest BCUT2D eigenvalue weighted by Gasteiger charge is -2.46. The molecule has 3 rings (SSSR count). The molecule has 2 amide bonds. The van der Waals surface area contributed by atoms with Crippen LogP contribution >= 0.6 is 0 Å². The predicted molar refractivity (Wildman–Crippen MR) is 149 cm³/mol. The van der Waals surface area contributed by atoms with E-state index >= 15 is 0 Å². The molecule has 2 aromatic rings. The van der Waals surface area contributed by atoms with Crippen LogP contribution in [0.1, 0.15) is 71.4 Å². The molecule has 2 heterocycles. The topological polar surface area (TPSA) is 114 Å². The highest BCUT2D eigenvalue weighted by Gasteiger charge is 2.47. The van der Waals surface area contributed by atoms with Gasteiger partial charge >= 0.3 is 12.1 Å². The van der Waals surface area contributed by atoms with E-state index in [0.717, 1.165) is 6.42 Å². The Kier molecular flexibility index (Phi) is 9.81. The van der Waals surface area contributed by atoms with Gasteiger partial charge in [-0.1, -0.05) is 19.9 Å². The van der Waals surface area contributed by atoms with Crippen LogP contribution in [0.15, 0.2) is 18.2 Å². The third kappa shape index (κ3) is 7.30. The number of aryl methyl sites for hydroxylation is 1. The summed E-state index contributed by atoms with van der Waals surface area (Å²) in [6, 6.07) is 4.01. The zero-order valence-electron chi connectivity index (χ0n) is 24.7. The molecule has 1 saturated heterocycles. The number of aromatic nitrogens is 2. The highest BCUT2D eigenvalue weighted by Crippen LogP contribution is 2.34. The zero-order valence-corrected chi connectivity index (χ0v) is 24.7. The number of imidazole rings is 1. The Morgan fingerprint density at radius 3 is 2.55 bits per heavy atom. The molecular weight excluding hydrogens is 519 g/mol. The molecule has 0 spiro atoms. The number of unbranched alkanes of at least 4 members (excludes halogenated alkanes) is 1. The Hall–Kier alpha value is -3.21. The van der Waals surface area contributed by atoms with E-state index in [0.29, 0.717) is 31.6 Å². The van der Waals surface area contributed by atoms with Crippen molar-refractivity contribution in [1.82, 2.24) is 19.4 Å². The average Bonchev–Trinajstić information content (AvgIpc) is 3.23. The maximum absolute atomic E-state index is 14.8. The molecule has 0 aliphatic carbocycles. The van der Waals surface area contributed by atoms with Gasteiger partial charge in [-0.2, -0.15) is 0 Å². The van der Waals surface area contributed by atoms with Gasteiger partial charge < -0.3 is 28.9 Å². The van der Waals surface area contributed by atoms with Crippen molar-refractivity contribution < 1.29 is 33.4 Å². The molecule has 1 aromatic carbocycles. The van der Waals surface area contributed by atoms with Gasteiger partial charge in [-0.3, -0.25) is 9.59 Å². The van der Waals surface area contributed by atoms with E-state index < -0.39 is 40.8 Å². The van der Waals surface area contributed by atoms with Gasteiger partial charge in [0.05, 0.1) is 17.0 Å². The van der Waals surface area contributed by atoms with Crippen LogP contribution in [0.5, 0.6) is 0 Å². The first-order valence-electron chi connectivity index (χ1n) is 13.8. The molecule has 40 heavy (non-hydrogen) atoms. The van der Waals surface area contributed by atoms with E-state index in [1.54, 1.807) is 56.4 Å². The van der Waals surface area contributed by atoms with Crippen LogP contribution in [0, 0.1) is 17.2 Å². The van der Waals surface area contributed by atoms with Crippen LogP contribution in [0.3, 0.4) is 0 Å². The Morgan fingerprint density at radius 2 is 1.95 bits per heavy atom. The fourth-order valence-electron chi connectivity index (χ4n) is 5.16. The second-order valence-electron chi connectivity index (χ2n) is 12.3. The van der Waals surface area contributed by atoms with Crippen molar-refractivity contribution in [2.24, 2.45) is 11.3 Å². The first-order chi connectivity index (χ1) is 18.7. The molecule has 10 nitrogen and oxygen atoms in total. The van der Waals surface area contributed by atoms with E-state index in [9.17, 15) is 23.9 Å². The molecule has 0 unspecified atom stereocenters. The number of carboxylic acids is 1. The van der Waals surface area contributed by atoms with Crippen molar-refractivity contribution in [2.45, 2.75) is 79.0 Å². The van der Waals surface area contributed by atoms with E-state index in [1.807, 2.05) is 13.8 Å². The van der Waals surface area contributed by atoms with Gasteiger partial charge in [0, 0.05) is 39.9 Å². The molecule has 1 aliphatic rings. The smallest absolute Gasteiger partial charge is 0.410 e. The minimum absolute atomic E-state index is 0.0354. The number of hydrogen-bond acceptors (Lipinski definition) is 6. The number of carbonyl (C=O) groups is 3. The van der Waals surface area contributed by atoms with Gasteiger partial charge in [0.1, 0.15) is 11.1 Å². The van der Waals surface area contributed by atoms with Crippen LogP contribution in [0.2, 0.25) is 0 Å². The SMILES string of the molecule is COCCCCn1c(C(=O)N(CC(C)C)[C@@H]2CN(C(=O)OC(C)(C)C)C[C@](C)(C(=O)O)C2)nc2c(F)cccc21. The number of benzene rings is 1. The Balaban J connectivity index is 2.05.